The van der Waals surface area contributed by atoms with Gasteiger partial charge in [-0.15, -0.1) is 0 Å². The van der Waals surface area contributed by atoms with Crippen LogP contribution in [0.25, 0.3) is 0 Å². The SMILES string of the molecule is CCNC(=NCCC(=O)N(C)Cc1ccccc1Br)NCC. The molecule has 6 heteroatoms. The van der Waals surface area contributed by atoms with E-state index in [9.17, 15) is 4.79 Å². The van der Waals surface area contributed by atoms with Gasteiger partial charge in [-0.25, -0.2) is 0 Å². The Labute approximate surface area is 141 Å². The van der Waals surface area contributed by atoms with Crippen molar-refractivity contribution >= 4 is 27.8 Å². The van der Waals surface area contributed by atoms with E-state index in [-0.39, 0.29) is 5.91 Å². The third-order valence-corrected chi connectivity index (χ3v) is 3.85. The van der Waals surface area contributed by atoms with Gasteiger partial charge >= 0.3 is 0 Å². The maximum Gasteiger partial charge on any atom is 0.224 e. The first-order valence-corrected chi connectivity index (χ1v) is 8.37. The lowest BCUT2D eigenvalue weighted by molar-refractivity contribution is -0.130. The highest BCUT2D eigenvalue weighted by Gasteiger charge is 2.10. The first-order chi connectivity index (χ1) is 10.6. The molecule has 1 aromatic carbocycles. The molecule has 1 amide bonds. The minimum absolute atomic E-state index is 0.0897. The Morgan fingerprint density at radius 1 is 1.23 bits per heavy atom. The van der Waals surface area contributed by atoms with Gasteiger partial charge < -0.3 is 15.5 Å². The molecule has 22 heavy (non-hydrogen) atoms. The van der Waals surface area contributed by atoms with Crippen molar-refractivity contribution in [2.24, 2.45) is 4.99 Å². The average molecular weight is 369 g/mol. The largest absolute Gasteiger partial charge is 0.357 e. The summed E-state index contributed by atoms with van der Waals surface area (Å²) in [5.74, 6) is 0.845. The number of halogens is 1. The zero-order valence-corrected chi connectivity index (χ0v) is 15.1. The van der Waals surface area contributed by atoms with Gasteiger partial charge in [0, 0.05) is 37.6 Å². The minimum atomic E-state index is 0.0897. The van der Waals surface area contributed by atoms with Crippen molar-refractivity contribution in [2.45, 2.75) is 26.8 Å². The van der Waals surface area contributed by atoms with Crippen LogP contribution in [0.2, 0.25) is 0 Å². The lowest BCUT2D eigenvalue weighted by Crippen LogP contribution is -2.37. The van der Waals surface area contributed by atoms with Crippen LogP contribution in [0.4, 0.5) is 0 Å². The molecule has 0 aromatic heterocycles. The Hall–Kier alpha value is -1.56. The number of hydrogen-bond donors (Lipinski definition) is 2. The second-order valence-electron chi connectivity index (χ2n) is 4.88. The van der Waals surface area contributed by atoms with E-state index in [1.54, 1.807) is 4.90 Å². The van der Waals surface area contributed by atoms with Gasteiger partial charge in [0.25, 0.3) is 0 Å². The van der Waals surface area contributed by atoms with Crippen molar-refractivity contribution in [1.29, 1.82) is 0 Å². The summed E-state index contributed by atoms with van der Waals surface area (Å²) in [5.41, 5.74) is 1.10. The maximum absolute atomic E-state index is 12.2. The maximum atomic E-state index is 12.2. The molecule has 2 N–H and O–H groups in total. The van der Waals surface area contributed by atoms with Crippen LogP contribution in [0.15, 0.2) is 33.7 Å². The zero-order chi connectivity index (χ0) is 16.4. The summed E-state index contributed by atoms with van der Waals surface area (Å²) in [6, 6.07) is 7.94. The van der Waals surface area contributed by atoms with E-state index < -0.39 is 0 Å². The molecule has 0 radical (unpaired) electrons. The number of carbonyl (C=O) groups is 1. The Morgan fingerprint density at radius 2 is 1.86 bits per heavy atom. The number of amides is 1. The normalized spacial score (nSPS) is 10.0. The Balaban J connectivity index is 2.47. The van der Waals surface area contributed by atoms with E-state index in [4.69, 9.17) is 0 Å². The molecule has 1 rings (SSSR count). The number of aliphatic imine (C=N–C) groups is 1. The molecule has 0 spiro atoms. The summed E-state index contributed by atoms with van der Waals surface area (Å²) >= 11 is 3.50. The van der Waals surface area contributed by atoms with Gasteiger partial charge in [-0.2, -0.15) is 0 Å². The molecule has 122 valence electrons. The number of carbonyl (C=O) groups excluding carboxylic acids is 1. The van der Waals surface area contributed by atoms with E-state index in [1.165, 1.54) is 0 Å². The first kappa shape index (κ1) is 18.5. The third-order valence-electron chi connectivity index (χ3n) is 3.08. The van der Waals surface area contributed by atoms with Crippen molar-refractivity contribution < 1.29 is 4.79 Å². The number of rotatable bonds is 7. The summed E-state index contributed by atoms with van der Waals surface area (Å²) in [6.07, 6.45) is 0.404. The smallest absolute Gasteiger partial charge is 0.224 e. The lowest BCUT2D eigenvalue weighted by atomic mass is 10.2. The van der Waals surface area contributed by atoms with Crippen molar-refractivity contribution in [2.75, 3.05) is 26.7 Å². The van der Waals surface area contributed by atoms with Gasteiger partial charge in [-0.05, 0) is 25.5 Å². The lowest BCUT2D eigenvalue weighted by Gasteiger charge is -2.18. The predicted octanol–water partition coefficient (Wildman–Crippen LogP) is 2.37. The second-order valence-corrected chi connectivity index (χ2v) is 5.74. The molecule has 0 heterocycles. The van der Waals surface area contributed by atoms with Gasteiger partial charge in [0.15, 0.2) is 5.96 Å². The van der Waals surface area contributed by atoms with Crippen LogP contribution < -0.4 is 10.6 Å². The highest BCUT2D eigenvalue weighted by Crippen LogP contribution is 2.17. The fraction of sp³-hybridized carbons (Fsp3) is 0.500. The molecule has 0 atom stereocenters. The summed E-state index contributed by atoms with van der Waals surface area (Å²) in [5, 5.41) is 6.28. The topological polar surface area (TPSA) is 56.7 Å². The fourth-order valence-corrected chi connectivity index (χ4v) is 2.34. The van der Waals surface area contributed by atoms with E-state index in [0.29, 0.717) is 19.5 Å². The standard InChI is InChI=1S/C16H25BrN4O/c1-4-18-16(19-5-2)20-11-10-15(22)21(3)12-13-8-6-7-9-14(13)17/h6-9H,4-5,10-12H2,1-3H3,(H2,18,19,20). The van der Waals surface area contributed by atoms with Crippen molar-refractivity contribution in [3.63, 3.8) is 0 Å². The Bertz CT molecular complexity index is 497. The molecular weight excluding hydrogens is 344 g/mol. The summed E-state index contributed by atoms with van der Waals surface area (Å²) < 4.78 is 1.02. The quantitative estimate of drug-likeness (QED) is 0.573. The van der Waals surface area contributed by atoms with Crippen LogP contribution in [-0.2, 0) is 11.3 Å². The first-order valence-electron chi connectivity index (χ1n) is 7.58. The van der Waals surface area contributed by atoms with Crippen LogP contribution >= 0.6 is 15.9 Å². The van der Waals surface area contributed by atoms with Crippen LogP contribution in [-0.4, -0.2) is 43.4 Å². The van der Waals surface area contributed by atoms with Gasteiger partial charge in [0.05, 0.1) is 6.54 Å². The molecule has 0 aliphatic heterocycles. The summed E-state index contributed by atoms with van der Waals surface area (Å²) in [4.78, 5) is 18.3. The fourth-order valence-electron chi connectivity index (χ4n) is 1.93. The molecular formula is C16H25BrN4O. The molecule has 0 fully saturated rings. The monoisotopic (exact) mass is 368 g/mol. The van der Waals surface area contributed by atoms with Crippen LogP contribution in [0.5, 0.6) is 0 Å². The summed E-state index contributed by atoms with van der Waals surface area (Å²) in [6.45, 7) is 6.72. The predicted molar refractivity (Wildman–Crippen MR) is 94.9 cm³/mol. The van der Waals surface area contributed by atoms with E-state index in [2.05, 4.69) is 31.6 Å². The zero-order valence-electron chi connectivity index (χ0n) is 13.5. The van der Waals surface area contributed by atoms with E-state index in [0.717, 1.165) is 29.1 Å². The van der Waals surface area contributed by atoms with E-state index >= 15 is 0 Å². The number of hydrogen-bond acceptors (Lipinski definition) is 2. The third kappa shape index (κ3) is 6.47. The van der Waals surface area contributed by atoms with Gasteiger partial charge in [-0.1, -0.05) is 34.1 Å². The molecule has 0 aliphatic rings. The molecule has 1 aromatic rings. The van der Waals surface area contributed by atoms with Crippen molar-refractivity contribution in [3.05, 3.63) is 34.3 Å². The average Bonchev–Trinajstić information content (AvgIpc) is 2.49. The van der Waals surface area contributed by atoms with Gasteiger partial charge in [0.2, 0.25) is 5.91 Å². The Morgan fingerprint density at radius 3 is 2.45 bits per heavy atom. The van der Waals surface area contributed by atoms with Crippen LogP contribution in [0.3, 0.4) is 0 Å². The summed E-state index contributed by atoms with van der Waals surface area (Å²) in [7, 11) is 1.82. The highest BCUT2D eigenvalue weighted by atomic mass is 79.9. The van der Waals surface area contributed by atoms with Gasteiger partial charge in [0.1, 0.15) is 0 Å². The van der Waals surface area contributed by atoms with Crippen LogP contribution in [0.1, 0.15) is 25.8 Å². The molecule has 0 unspecified atom stereocenters. The van der Waals surface area contributed by atoms with Crippen molar-refractivity contribution in [1.82, 2.24) is 15.5 Å². The van der Waals surface area contributed by atoms with E-state index in [1.807, 2.05) is 45.2 Å². The molecule has 0 saturated heterocycles. The molecule has 0 aliphatic carbocycles. The van der Waals surface area contributed by atoms with Crippen LogP contribution in [0, 0.1) is 0 Å². The van der Waals surface area contributed by atoms with Crippen molar-refractivity contribution in [3.8, 4) is 0 Å². The Kier molecular flexibility index (Phi) is 8.58. The highest BCUT2D eigenvalue weighted by molar-refractivity contribution is 9.10. The number of guanidine groups is 1. The molecule has 0 saturated carbocycles. The van der Waals surface area contributed by atoms with Gasteiger partial charge in [-0.3, -0.25) is 9.79 Å². The molecule has 5 nitrogen and oxygen atoms in total. The number of nitrogens with one attached hydrogen (secondary N) is 2. The number of nitrogens with zero attached hydrogens (tertiary/aromatic N) is 2. The second kappa shape index (κ2) is 10.2. The minimum Gasteiger partial charge on any atom is -0.357 e. The molecule has 0 bridgehead atoms. The number of benzene rings is 1.